The van der Waals surface area contributed by atoms with Crippen LogP contribution in [-0.2, 0) is 15.0 Å². The lowest BCUT2D eigenvalue weighted by Gasteiger charge is -2.34. The molecule has 1 aliphatic carbocycles. The lowest BCUT2D eigenvalue weighted by Crippen LogP contribution is -2.28. The molecule has 4 heteroatoms. The molecule has 1 heterocycles. The summed E-state index contributed by atoms with van der Waals surface area (Å²) in [5.74, 6) is 0. The van der Waals surface area contributed by atoms with E-state index in [-0.39, 0.29) is 11.6 Å². The molecule has 4 rings (SSSR count). The summed E-state index contributed by atoms with van der Waals surface area (Å²) in [6, 6.07) is 16.1. The first kappa shape index (κ1) is 29.2. The number of benzene rings is 2. The van der Waals surface area contributed by atoms with Gasteiger partial charge in [0.05, 0.1) is 5.60 Å². The van der Waals surface area contributed by atoms with Crippen LogP contribution in [0.5, 0.6) is 0 Å². The zero-order valence-electron chi connectivity index (χ0n) is 23.5. The van der Waals surface area contributed by atoms with Gasteiger partial charge in [-0.25, -0.2) is 0 Å². The van der Waals surface area contributed by atoms with Gasteiger partial charge < -0.3 is 5.11 Å². The van der Waals surface area contributed by atoms with Crippen molar-refractivity contribution < 1.29 is 14.7 Å². The van der Waals surface area contributed by atoms with E-state index in [0.717, 1.165) is 38.5 Å². The summed E-state index contributed by atoms with van der Waals surface area (Å²) in [6.07, 6.45) is 15.6. The molecule has 3 aromatic rings. The van der Waals surface area contributed by atoms with Gasteiger partial charge in [0, 0.05) is 23.4 Å². The van der Waals surface area contributed by atoms with Crippen LogP contribution in [0.25, 0.3) is 17.2 Å². The number of aryl methyl sites for hydroxylation is 3. The molecule has 1 saturated carbocycles. The van der Waals surface area contributed by atoms with Gasteiger partial charge >= 0.3 is 6.15 Å². The minimum atomic E-state index is -0.633. The molecule has 0 atom stereocenters. The monoisotopic (exact) mass is 511 g/mol. The molecular formula is C34H41NO3. The third kappa shape index (κ3) is 6.56. The van der Waals surface area contributed by atoms with Crippen molar-refractivity contribution in [1.82, 2.24) is 4.98 Å². The highest BCUT2D eigenvalue weighted by atomic mass is 16.3. The van der Waals surface area contributed by atoms with Crippen LogP contribution in [0.2, 0.25) is 0 Å². The van der Waals surface area contributed by atoms with Crippen molar-refractivity contribution in [2.45, 2.75) is 90.6 Å². The van der Waals surface area contributed by atoms with Gasteiger partial charge in [0.25, 0.3) is 0 Å². The van der Waals surface area contributed by atoms with Gasteiger partial charge in [-0.05, 0) is 91.5 Å². The summed E-state index contributed by atoms with van der Waals surface area (Å²) in [5, 5.41) is 10.9. The average Bonchev–Trinajstić information content (AvgIpc) is 2.90. The molecule has 4 nitrogen and oxygen atoms in total. The third-order valence-corrected chi connectivity index (χ3v) is 8.29. The molecule has 0 radical (unpaired) electrons. The minimum absolute atomic E-state index is 0.0251. The highest BCUT2D eigenvalue weighted by Gasteiger charge is 2.31. The first-order valence-corrected chi connectivity index (χ1v) is 13.8. The first-order chi connectivity index (χ1) is 18.2. The Hall–Kier alpha value is -3.33. The maximum Gasteiger partial charge on any atom is 0.373 e. The van der Waals surface area contributed by atoms with E-state index in [1.54, 1.807) is 0 Å². The normalized spacial score (nSPS) is 15.0. The van der Waals surface area contributed by atoms with Gasteiger partial charge in [0.15, 0.2) is 0 Å². The smallest absolute Gasteiger partial charge is 0.373 e. The van der Waals surface area contributed by atoms with E-state index in [1.165, 1.54) is 50.9 Å². The van der Waals surface area contributed by atoms with Crippen LogP contribution in [0.3, 0.4) is 0 Å². The molecule has 1 aliphatic rings. The third-order valence-electron chi connectivity index (χ3n) is 8.29. The minimum Gasteiger partial charge on any atom is -0.386 e. The molecule has 0 unspecified atom stereocenters. The van der Waals surface area contributed by atoms with Crippen molar-refractivity contribution in [3.05, 3.63) is 94.3 Å². The van der Waals surface area contributed by atoms with Crippen LogP contribution in [0.1, 0.15) is 92.2 Å². The van der Waals surface area contributed by atoms with E-state index >= 15 is 0 Å². The Morgan fingerprint density at radius 1 is 0.895 bits per heavy atom. The maximum absolute atomic E-state index is 10.9. The molecule has 1 fully saturated rings. The first-order valence-electron chi connectivity index (χ1n) is 13.8. The lowest BCUT2D eigenvalue weighted by molar-refractivity contribution is -0.191. The predicted octanol–water partition coefficient (Wildman–Crippen LogP) is 7.90. The van der Waals surface area contributed by atoms with Gasteiger partial charge in [-0.1, -0.05) is 81.7 Å². The number of pyridine rings is 1. The summed E-state index contributed by atoms with van der Waals surface area (Å²) in [6.45, 7) is 11.1. The second-order valence-corrected chi connectivity index (χ2v) is 10.7. The van der Waals surface area contributed by atoms with E-state index in [1.807, 2.05) is 18.5 Å². The Kier molecular flexibility index (Phi) is 9.96. The number of rotatable bonds is 7. The van der Waals surface area contributed by atoms with Crippen LogP contribution >= 0.6 is 0 Å². The van der Waals surface area contributed by atoms with E-state index < -0.39 is 5.60 Å². The zero-order chi connectivity index (χ0) is 27.8. The molecule has 38 heavy (non-hydrogen) atoms. The SMILES string of the molecule is CCC(CC)(c1ccc(/C=C/C2(O)CCCCC2)c(C)c1)c1ccc(-c2cncc(C)c2)c(C)c1.O=C=O. The fourth-order valence-corrected chi connectivity index (χ4v) is 5.96. The van der Waals surface area contributed by atoms with Crippen LogP contribution in [0, 0.1) is 20.8 Å². The van der Waals surface area contributed by atoms with Crippen molar-refractivity contribution in [2.24, 2.45) is 0 Å². The Labute approximate surface area is 227 Å². The summed E-state index contributed by atoms with van der Waals surface area (Å²) in [5.41, 5.74) is 9.47. The van der Waals surface area contributed by atoms with Crippen LogP contribution in [-0.4, -0.2) is 21.8 Å². The molecule has 0 amide bonds. The van der Waals surface area contributed by atoms with Gasteiger partial charge in [-0.2, -0.15) is 9.59 Å². The van der Waals surface area contributed by atoms with Crippen molar-refractivity contribution in [3.8, 4) is 11.1 Å². The topological polar surface area (TPSA) is 67.3 Å². The number of aliphatic hydroxyl groups is 1. The van der Waals surface area contributed by atoms with Crippen LogP contribution < -0.4 is 0 Å². The molecule has 1 N–H and O–H groups in total. The predicted molar refractivity (Wildman–Crippen MR) is 154 cm³/mol. The van der Waals surface area contributed by atoms with Gasteiger partial charge in [-0.15, -0.1) is 0 Å². The Morgan fingerprint density at radius 2 is 1.50 bits per heavy atom. The molecular weight excluding hydrogens is 470 g/mol. The van der Waals surface area contributed by atoms with Crippen molar-refractivity contribution >= 4 is 12.2 Å². The van der Waals surface area contributed by atoms with Gasteiger partial charge in [0.2, 0.25) is 0 Å². The van der Waals surface area contributed by atoms with E-state index in [0.29, 0.717) is 0 Å². The van der Waals surface area contributed by atoms with Crippen molar-refractivity contribution in [3.63, 3.8) is 0 Å². The van der Waals surface area contributed by atoms with Gasteiger partial charge in [-0.3, -0.25) is 4.98 Å². The molecule has 0 saturated heterocycles. The Morgan fingerprint density at radius 3 is 2.05 bits per heavy atom. The second kappa shape index (κ2) is 13.0. The summed E-state index contributed by atoms with van der Waals surface area (Å²) >= 11 is 0. The molecule has 200 valence electrons. The number of carbonyl (C=O) groups excluding carboxylic acids is 2. The lowest BCUT2D eigenvalue weighted by atomic mass is 9.69. The molecule has 2 aromatic carbocycles. The van der Waals surface area contributed by atoms with Crippen molar-refractivity contribution in [2.75, 3.05) is 0 Å². The molecule has 0 bridgehead atoms. The Bertz CT molecular complexity index is 1290. The summed E-state index contributed by atoms with van der Waals surface area (Å²) < 4.78 is 0. The van der Waals surface area contributed by atoms with Crippen LogP contribution in [0.4, 0.5) is 0 Å². The van der Waals surface area contributed by atoms with E-state index in [4.69, 9.17) is 9.59 Å². The number of nitrogens with zero attached hydrogens (tertiary/aromatic N) is 1. The molecule has 0 aliphatic heterocycles. The number of hydrogen-bond acceptors (Lipinski definition) is 4. The van der Waals surface area contributed by atoms with E-state index in [9.17, 15) is 5.11 Å². The number of hydrogen-bond donors (Lipinski definition) is 1. The average molecular weight is 512 g/mol. The highest BCUT2D eigenvalue weighted by Crippen LogP contribution is 2.41. The Balaban J connectivity index is 0.00000127. The van der Waals surface area contributed by atoms with Crippen molar-refractivity contribution in [1.29, 1.82) is 0 Å². The number of aromatic nitrogens is 1. The quantitative estimate of drug-likeness (QED) is 0.350. The maximum atomic E-state index is 10.9. The summed E-state index contributed by atoms with van der Waals surface area (Å²) in [4.78, 5) is 20.6. The molecule has 1 aromatic heterocycles. The fourth-order valence-electron chi connectivity index (χ4n) is 5.96. The van der Waals surface area contributed by atoms with Crippen LogP contribution in [0.15, 0.2) is 60.9 Å². The highest BCUT2D eigenvalue weighted by molar-refractivity contribution is 5.68. The standard InChI is InChI=1S/C33H41NO.CO2/c1-6-33(7-2,30-13-14-31(26(5)21-30)28-19-24(3)22-34-23-28)29-12-11-27(25(4)20-29)15-18-32(35)16-9-8-10-17-32;2-1-3/h11-15,18-23,35H,6-10,16-17H2,1-5H3;/b18-15+;. The summed E-state index contributed by atoms with van der Waals surface area (Å²) in [7, 11) is 0. The zero-order valence-corrected chi connectivity index (χ0v) is 23.5. The molecule has 0 spiro atoms. The van der Waals surface area contributed by atoms with Gasteiger partial charge in [0.1, 0.15) is 0 Å². The van der Waals surface area contributed by atoms with E-state index in [2.05, 4.69) is 88.1 Å². The largest absolute Gasteiger partial charge is 0.386 e. The fraction of sp³-hybridized carbons (Fsp3) is 0.412. The second-order valence-electron chi connectivity index (χ2n) is 10.7.